The zero-order valence-corrected chi connectivity index (χ0v) is 31.2. The van der Waals surface area contributed by atoms with E-state index in [-0.39, 0.29) is 0 Å². The number of rotatable bonds is 4. The summed E-state index contributed by atoms with van der Waals surface area (Å²) in [4.78, 5) is 0. The van der Waals surface area contributed by atoms with Crippen LogP contribution in [0.25, 0.3) is 121 Å². The number of nitrogens with zero attached hydrogens (tertiary/aromatic N) is 2. The van der Waals surface area contributed by atoms with Crippen LogP contribution < -0.4 is 0 Å². The maximum absolute atomic E-state index is 6.72. The monoisotopic (exact) mass is 740 g/mol. The van der Waals surface area contributed by atoms with Gasteiger partial charge in [-0.3, -0.25) is 0 Å². The third-order valence-corrected chi connectivity index (χ3v) is 12.1. The zero-order valence-electron chi connectivity index (χ0n) is 31.2. The van der Waals surface area contributed by atoms with Gasteiger partial charge in [-0.05, 0) is 77.4 Å². The predicted octanol–water partition coefficient (Wildman–Crippen LogP) is 15.0. The van der Waals surface area contributed by atoms with Crippen LogP contribution in [0.1, 0.15) is 0 Å². The molecule has 0 saturated carbocycles. The largest absolute Gasteiger partial charge is 0.455 e. The molecule has 0 aliphatic rings. The van der Waals surface area contributed by atoms with Crippen molar-refractivity contribution >= 4 is 87.5 Å². The second-order valence-electron chi connectivity index (χ2n) is 15.2. The van der Waals surface area contributed by atoms with E-state index in [4.69, 9.17) is 8.83 Å². The molecule has 9 aromatic carbocycles. The highest BCUT2D eigenvalue weighted by atomic mass is 16.3. The van der Waals surface area contributed by atoms with Crippen molar-refractivity contribution in [3.05, 3.63) is 194 Å². The molecule has 0 saturated heterocycles. The SMILES string of the molecule is c1ccc(-n2c3ccccc3c3c(-c4ccc5c(c4)c4ccccc4n5-c4cccc5c4oc4ccccc45)c(-c4cccc5c4oc4ccccc45)ccc32)cc1. The number of hydrogen-bond acceptors (Lipinski definition) is 2. The molecular weight excluding hydrogens is 709 g/mol. The first kappa shape index (κ1) is 31.4. The Morgan fingerprint density at radius 2 is 0.897 bits per heavy atom. The molecule has 0 N–H and O–H groups in total. The van der Waals surface area contributed by atoms with Gasteiger partial charge in [0, 0.05) is 54.3 Å². The molecule has 0 bridgehead atoms. The summed E-state index contributed by atoms with van der Waals surface area (Å²) in [6, 6.07) is 69.5. The van der Waals surface area contributed by atoms with Gasteiger partial charge in [0.25, 0.3) is 0 Å². The number of aromatic nitrogens is 2. The van der Waals surface area contributed by atoms with Crippen LogP contribution in [-0.4, -0.2) is 9.13 Å². The molecule has 4 heteroatoms. The zero-order chi connectivity index (χ0) is 37.9. The van der Waals surface area contributed by atoms with E-state index < -0.39 is 0 Å². The molecule has 4 heterocycles. The standard InChI is InChI=1S/C54H32N2O2/c1-2-14-34(15-3-1)55-45-24-9-5-19-42(45)52-47(55)31-29-38(41-21-12-20-39-36-17-6-10-26-49(36)57-53(39)41)51(52)33-28-30-46-43(32-33)35-16-4-8-23-44(35)56(46)48-25-13-22-40-37-18-7-11-27-50(37)58-54(40)48/h1-32H. The first-order valence-corrected chi connectivity index (χ1v) is 19.8. The summed E-state index contributed by atoms with van der Waals surface area (Å²) in [5.74, 6) is 0. The quantitative estimate of drug-likeness (QED) is 0.180. The number of benzene rings is 9. The third kappa shape index (κ3) is 4.29. The van der Waals surface area contributed by atoms with Crippen molar-refractivity contribution in [2.24, 2.45) is 0 Å². The van der Waals surface area contributed by atoms with Crippen LogP contribution in [-0.2, 0) is 0 Å². The molecule has 0 aliphatic heterocycles. The van der Waals surface area contributed by atoms with Gasteiger partial charge in [0.15, 0.2) is 5.58 Å². The highest BCUT2D eigenvalue weighted by Gasteiger charge is 2.24. The van der Waals surface area contributed by atoms with E-state index in [0.717, 1.165) is 88.5 Å². The van der Waals surface area contributed by atoms with Crippen molar-refractivity contribution in [2.75, 3.05) is 0 Å². The number of furan rings is 2. The summed E-state index contributed by atoms with van der Waals surface area (Å²) in [6.45, 7) is 0. The Morgan fingerprint density at radius 1 is 0.328 bits per heavy atom. The molecule has 0 amide bonds. The molecule has 0 atom stereocenters. The summed E-state index contributed by atoms with van der Waals surface area (Å²) in [5, 5.41) is 9.25. The maximum Gasteiger partial charge on any atom is 0.159 e. The second-order valence-corrected chi connectivity index (χ2v) is 15.2. The molecule has 0 unspecified atom stereocenters. The van der Waals surface area contributed by atoms with Crippen LogP contribution >= 0.6 is 0 Å². The Labute approximate surface area is 332 Å². The van der Waals surface area contributed by atoms with Crippen LogP contribution in [0.5, 0.6) is 0 Å². The van der Waals surface area contributed by atoms with Gasteiger partial charge in [0.05, 0.1) is 27.8 Å². The molecule has 13 aromatic rings. The molecule has 4 nitrogen and oxygen atoms in total. The Bertz CT molecular complexity index is 3800. The molecule has 0 fully saturated rings. The van der Waals surface area contributed by atoms with Gasteiger partial charge in [-0.1, -0.05) is 133 Å². The first-order valence-electron chi connectivity index (χ1n) is 19.8. The predicted molar refractivity (Wildman–Crippen MR) is 241 cm³/mol. The molecular formula is C54H32N2O2. The first-order chi connectivity index (χ1) is 28.8. The highest BCUT2D eigenvalue weighted by molar-refractivity contribution is 6.22. The third-order valence-electron chi connectivity index (χ3n) is 12.1. The Balaban J connectivity index is 1.15. The van der Waals surface area contributed by atoms with Crippen LogP contribution in [0.3, 0.4) is 0 Å². The lowest BCUT2D eigenvalue weighted by molar-refractivity contribution is 0.666. The second kappa shape index (κ2) is 11.8. The number of para-hydroxylation sites is 7. The summed E-state index contributed by atoms with van der Waals surface area (Å²) in [5.41, 5.74) is 14.8. The fourth-order valence-corrected chi connectivity index (χ4v) is 9.70. The lowest BCUT2D eigenvalue weighted by atomic mass is 9.89. The molecule has 13 rings (SSSR count). The van der Waals surface area contributed by atoms with Crippen molar-refractivity contribution in [3.63, 3.8) is 0 Å². The van der Waals surface area contributed by atoms with Gasteiger partial charge in [-0.15, -0.1) is 0 Å². The fraction of sp³-hybridized carbons (Fsp3) is 0. The van der Waals surface area contributed by atoms with E-state index in [0.29, 0.717) is 0 Å². The van der Waals surface area contributed by atoms with Crippen molar-refractivity contribution in [2.45, 2.75) is 0 Å². The van der Waals surface area contributed by atoms with E-state index in [2.05, 4.69) is 191 Å². The maximum atomic E-state index is 6.72. The molecule has 0 spiro atoms. The average Bonchev–Trinajstić information content (AvgIpc) is 4.04. The van der Waals surface area contributed by atoms with Crippen LogP contribution in [0.2, 0.25) is 0 Å². The summed E-state index contributed by atoms with van der Waals surface area (Å²) in [7, 11) is 0. The van der Waals surface area contributed by atoms with Crippen LogP contribution in [0.4, 0.5) is 0 Å². The Kier molecular flexibility index (Phi) is 6.41. The van der Waals surface area contributed by atoms with Gasteiger partial charge >= 0.3 is 0 Å². The van der Waals surface area contributed by atoms with E-state index in [1.807, 2.05) is 12.1 Å². The van der Waals surface area contributed by atoms with Gasteiger partial charge in [-0.25, -0.2) is 0 Å². The highest BCUT2D eigenvalue weighted by Crippen LogP contribution is 2.48. The molecule has 270 valence electrons. The molecule has 0 radical (unpaired) electrons. The number of hydrogen-bond donors (Lipinski definition) is 0. The van der Waals surface area contributed by atoms with Crippen molar-refractivity contribution in [1.29, 1.82) is 0 Å². The smallest absolute Gasteiger partial charge is 0.159 e. The minimum absolute atomic E-state index is 0.884. The van der Waals surface area contributed by atoms with Crippen molar-refractivity contribution in [1.82, 2.24) is 9.13 Å². The fourth-order valence-electron chi connectivity index (χ4n) is 9.70. The minimum Gasteiger partial charge on any atom is -0.455 e. The minimum atomic E-state index is 0.884. The Hall–Kier alpha value is -7.82. The summed E-state index contributed by atoms with van der Waals surface area (Å²) < 4.78 is 18.1. The van der Waals surface area contributed by atoms with Crippen LogP contribution in [0, 0.1) is 0 Å². The molecule has 4 aromatic heterocycles. The molecule has 0 aliphatic carbocycles. The molecule has 58 heavy (non-hydrogen) atoms. The summed E-state index contributed by atoms with van der Waals surface area (Å²) >= 11 is 0. The summed E-state index contributed by atoms with van der Waals surface area (Å²) in [6.07, 6.45) is 0. The van der Waals surface area contributed by atoms with E-state index in [1.54, 1.807) is 0 Å². The van der Waals surface area contributed by atoms with E-state index >= 15 is 0 Å². The average molecular weight is 741 g/mol. The van der Waals surface area contributed by atoms with Crippen molar-refractivity contribution < 1.29 is 8.83 Å². The van der Waals surface area contributed by atoms with Crippen LogP contribution in [0.15, 0.2) is 203 Å². The van der Waals surface area contributed by atoms with Gasteiger partial charge in [-0.2, -0.15) is 0 Å². The van der Waals surface area contributed by atoms with E-state index in [9.17, 15) is 0 Å². The normalized spacial score (nSPS) is 12.1. The Morgan fingerprint density at radius 3 is 1.67 bits per heavy atom. The van der Waals surface area contributed by atoms with Crippen molar-refractivity contribution in [3.8, 4) is 33.6 Å². The lowest BCUT2D eigenvalue weighted by Crippen LogP contribution is -1.95. The van der Waals surface area contributed by atoms with E-state index in [1.165, 1.54) is 32.6 Å². The van der Waals surface area contributed by atoms with Gasteiger partial charge in [0.2, 0.25) is 0 Å². The topological polar surface area (TPSA) is 36.1 Å². The number of fused-ring (bicyclic) bond motifs is 12. The van der Waals surface area contributed by atoms with Gasteiger partial charge < -0.3 is 18.0 Å². The lowest BCUT2D eigenvalue weighted by Gasteiger charge is -2.15. The van der Waals surface area contributed by atoms with Gasteiger partial charge in [0.1, 0.15) is 16.7 Å².